The van der Waals surface area contributed by atoms with Gasteiger partial charge in [0.05, 0.1) is 19.4 Å². The predicted molar refractivity (Wildman–Crippen MR) is 118 cm³/mol. The van der Waals surface area contributed by atoms with Crippen molar-refractivity contribution in [1.29, 1.82) is 0 Å². The average molecular weight is 449 g/mol. The van der Waals surface area contributed by atoms with Crippen molar-refractivity contribution in [2.24, 2.45) is 0 Å². The van der Waals surface area contributed by atoms with Gasteiger partial charge >= 0.3 is 0 Å². The zero-order valence-corrected chi connectivity index (χ0v) is 18.9. The second-order valence-corrected chi connectivity index (χ2v) is 10.00. The highest BCUT2D eigenvalue weighted by Crippen LogP contribution is 2.41. The summed E-state index contributed by atoms with van der Waals surface area (Å²) in [6.45, 7) is 2.75. The lowest BCUT2D eigenvalue weighted by Gasteiger charge is -2.44. The van der Waals surface area contributed by atoms with Gasteiger partial charge in [0.2, 0.25) is 15.9 Å². The van der Waals surface area contributed by atoms with Crippen LogP contribution in [-0.2, 0) is 20.2 Å². The van der Waals surface area contributed by atoms with Gasteiger partial charge in [0.15, 0.2) is 0 Å². The normalized spacial score (nSPS) is 20.5. The number of amides is 1. The Labute approximate surface area is 183 Å². The molecule has 0 bridgehead atoms. The maximum Gasteiger partial charge on any atom is 0.223 e. The average Bonchev–Trinajstić information content (AvgIpc) is 2.73. The number of halogens is 1. The zero-order chi connectivity index (χ0) is 22.6. The lowest BCUT2D eigenvalue weighted by Crippen LogP contribution is -2.48. The number of hydrogen-bond donors (Lipinski definition) is 1. The molecule has 3 rings (SSSR count). The van der Waals surface area contributed by atoms with E-state index in [9.17, 15) is 17.6 Å². The fourth-order valence-corrected chi connectivity index (χ4v) is 4.77. The number of methoxy groups -OCH3 is 1. The van der Waals surface area contributed by atoms with E-state index in [0.717, 1.165) is 23.1 Å². The highest BCUT2D eigenvalue weighted by Gasteiger charge is 2.41. The highest BCUT2D eigenvalue weighted by atomic mass is 32.2. The summed E-state index contributed by atoms with van der Waals surface area (Å²) < 4.78 is 44.3. The van der Waals surface area contributed by atoms with Crippen LogP contribution in [0.3, 0.4) is 0 Å². The first-order chi connectivity index (χ1) is 14.6. The Morgan fingerprint density at radius 3 is 2.35 bits per heavy atom. The number of hydrogen-bond acceptors (Lipinski definition) is 4. The first-order valence-electron chi connectivity index (χ1n) is 10.3. The highest BCUT2D eigenvalue weighted by molar-refractivity contribution is 7.88. The number of carbonyl (C=O) groups is 1. The second kappa shape index (κ2) is 9.36. The van der Waals surface area contributed by atoms with Crippen molar-refractivity contribution in [3.63, 3.8) is 0 Å². The first-order valence-corrected chi connectivity index (χ1v) is 12.2. The van der Waals surface area contributed by atoms with Gasteiger partial charge in [-0.1, -0.05) is 24.3 Å². The molecular weight excluding hydrogens is 419 g/mol. The van der Waals surface area contributed by atoms with Gasteiger partial charge in [0, 0.05) is 24.9 Å². The summed E-state index contributed by atoms with van der Waals surface area (Å²) >= 11 is 0. The first kappa shape index (κ1) is 23.2. The SMILES string of the molecule is COc1ccc([C@H](C)N2CC[C@](CCNS(C)(=O)=O)(c3ccc(F)cc3)CC2=O)cc1. The molecule has 0 saturated carbocycles. The second-order valence-electron chi connectivity index (χ2n) is 8.17. The molecule has 0 radical (unpaired) electrons. The Morgan fingerprint density at radius 1 is 1.16 bits per heavy atom. The van der Waals surface area contributed by atoms with E-state index in [0.29, 0.717) is 19.4 Å². The van der Waals surface area contributed by atoms with Gasteiger partial charge in [-0.2, -0.15) is 0 Å². The summed E-state index contributed by atoms with van der Waals surface area (Å²) in [6, 6.07) is 13.7. The van der Waals surface area contributed by atoms with E-state index < -0.39 is 15.4 Å². The molecule has 1 aliphatic heterocycles. The molecule has 31 heavy (non-hydrogen) atoms. The van der Waals surface area contributed by atoms with Crippen molar-refractivity contribution < 1.29 is 22.3 Å². The van der Waals surface area contributed by atoms with E-state index in [4.69, 9.17) is 4.74 Å². The van der Waals surface area contributed by atoms with Gasteiger partial charge in [-0.3, -0.25) is 4.79 Å². The van der Waals surface area contributed by atoms with E-state index in [-0.39, 0.29) is 30.7 Å². The van der Waals surface area contributed by atoms with Crippen LogP contribution in [0.2, 0.25) is 0 Å². The van der Waals surface area contributed by atoms with E-state index in [2.05, 4.69) is 4.72 Å². The fourth-order valence-electron chi connectivity index (χ4n) is 4.29. The van der Waals surface area contributed by atoms with Crippen molar-refractivity contribution in [3.05, 3.63) is 65.5 Å². The molecule has 1 heterocycles. The lowest BCUT2D eigenvalue weighted by molar-refractivity contribution is -0.138. The van der Waals surface area contributed by atoms with E-state index >= 15 is 0 Å². The number of ether oxygens (including phenoxy) is 1. The maximum absolute atomic E-state index is 13.5. The van der Waals surface area contributed by atoms with Crippen molar-refractivity contribution in [2.75, 3.05) is 26.5 Å². The quantitative estimate of drug-likeness (QED) is 0.672. The molecule has 0 spiro atoms. The Kier molecular flexibility index (Phi) is 7.01. The van der Waals surface area contributed by atoms with Crippen molar-refractivity contribution in [3.8, 4) is 5.75 Å². The standard InChI is InChI=1S/C23H29FN2O4S/c1-17(18-4-10-21(30-2)11-5-18)26-15-13-23(16-22(26)27,12-14-25-31(3,28)29)19-6-8-20(24)9-7-19/h4-11,17,25H,12-16H2,1-3H3/t17-,23-/m0/s1. The molecule has 6 nitrogen and oxygen atoms in total. The van der Waals surface area contributed by atoms with E-state index in [1.165, 1.54) is 12.1 Å². The number of nitrogens with one attached hydrogen (secondary N) is 1. The summed E-state index contributed by atoms with van der Waals surface area (Å²) in [5.74, 6) is 0.415. The van der Waals surface area contributed by atoms with Crippen LogP contribution in [0.4, 0.5) is 4.39 Å². The van der Waals surface area contributed by atoms with Gasteiger partial charge < -0.3 is 9.64 Å². The number of sulfonamides is 1. The molecule has 168 valence electrons. The summed E-state index contributed by atoms with van der Waals surface area (Å²) in [4.78, 5) is 15.1. The van der Waals surface area contributed by atoms with Crippen LogP contribution in [0, 0.1) is 5.82 Å². The van der Waals surface area contributed by atoms with Crippen LogP contribution >= 0.6 is 0 Å². The monoisotopic (exact) mass is 448 g/mol. The summed E-state index contributed by atoms with van der Waals surface area (Å²) in [5, 5.41) is 0. The van der Waals surface area contributed by atoms with Crippen molar-refractivity contribution in [1.82, 2.24) is 9.62 Å². The summed E-state index contributed by atoms with van der Waals surface area (Å²) in [6.07, 6.45) is 2.48. The third-order valence-electron chi connectivity index (χ3n) is 6.13. The molecule has 0 aliphatic carbocycles. The topological polar surface area (TPSA) is 75.7 Å². The molecule has 1 aliphatic rings. The van der Waals surface area contributed by atoms with E-state index in [1.54, 1.807) is 19.2 Å². The number of benzene rings is 2. The van der Waals surface area contributed by atoms with Crippen molar-refractivity contribution >= 4 is 15.9 Å². The zero-order valence-electron chi connectivity index (χ0n) is 18.1. The van der Waals surface area contributed by atoms with Crippen LogP contribution in [0.5, 0.6) is 5.75 Å². The third-order valence-corrected chi connectivity index (χ3v) is 6.86. The Balaban J connectivity index is 1.81. The summed E-state index contributed by atoms with van der Waals surface area (Å²) in [7, 11) is -1.72. The minimum atomic E-state index is -3.34. The molecule has 1 N–H and O–H groups in total. The molecule has 0 aromatic heterocycles. The number of likely N-dealkylation sites (tertiary alicyclic amines) is 1. The Morgan fingerprint density at radius 2 is 1.81 bits per heavy atom. The number of carbonyl (C=O) groups excluding carboxylic acids is 1. The molecule has 2 aromatic carbocycles. The summed E-state index contributed by atoms with van der Waals surface area (Å²) in [5.41, 5.74) is 1.33. The number of nitrogens with zero attached hydrogens (tertiary/aromatic N) is 1. The van der Waals surface area contributed by atoms with Crippen LogP contribution < -0.4 is 9.46 Å². The smallest absolute Gasteiger partial charge is 0.223 e. The van der Waals surface area contributed by atoms with Crippen molar-refractivity contribution in [2.45, 2.75) is 37.6 Å². The molecule has 0 unspecified atom stereocenters. The largest absolute Gasteiger partial charge is 0.497 e. The number of rotatable bonds is 8. The van der Waals surface area contributed by atoms with Crippen LogP contribution in [0.1, 0.15) is 43.4 Å². The van der Waals surface area contributed by atoms with Crippen LogP contribution in [0.25, 0.3) is 0 Å². The van der Waals surface area contributed by atoms with Gasteiger partial charge in [-0.25, -0.2) is 17.5 Å². The van der Waals surface area contributed by atoms with E-state index in [1.807, 2.05) is 36.1 Å². The fraction of sp³-hybridized carbons (Fsp3) is 0.435. The molecular formula is C23H29FN2O4S. The minimum absolute atomic E-state index is 0.00162. The number of piperidine rings is 1. The van der Waals surface area contributed by atoms with Crippen LogP contribution in [-0.4, -0.2) is 45.7 Å². The molecule has 1 fully saturated rings. The molecule has 8 heteroatoms. The van der Waals surface area contributed by atoms with Gasteiger partial charge in [-0.05, 0) is 55.2 Å². The van der Waals surface area contributed by atoms with Gasteiger partial charge in [-0.15, -0.1) is 0 Å². The third kappa shape index (κ3) is 5.62. The molecule has 2 aromatic rings. The predicted octanol–water partition coefficient (Wildman–Crippen LogP) is 3.40. The van der Waals surface area contributed by atoms with Gasteiger partial charge in [0.1, 0.15) is 11.6 Å². The Hall–Kier alpha value is -2.45. The lowest BCUT2D eigenvalue weighted by atomic mass is 9.70. The molecule has 2 atom stereocenters. The molecule has 1 saturated heterocycles. The maximum atomic E-state index is 13.5. The minimum Gasteiger partial charge on any atom is -0.497 e. The Bertz CT molecular complexity index is 1010. The molecule has 1 amide bonds. The van der Waals surface area contributed by atoms with Gasteiger partial charge in [0.25, 0.3) is 0 Å². The van der Waals surface area contributed by atoms with Crippen LogP contribution in [0.15, 0.2) is 48.5 Å².